The lowest BCUT2D eigenvalue weighted by atomic mass is 10.2. The molecule has 15 heavy (non-hydrogen) atoms. The number of hydrogen-bond acceptors (Lipinski definition) is 3. The molecule has 1 heterocycles. The number of nitrogens with zero attached hydrogens (tertiary/aromatic N) is 1. The molecule has 0 saturated heterocycles. The van der Waals surface area contributed by atoms with Gasteiger partial charge in [-0.2, -0.15) is 0 Å². The first-order valence-electron chi connectivity index (χ1n) is 4.47. The topological polar surface area (TPSA) is 40.5 Å². The van der Waals surface area contributed by atoms with Gasteiger partial charge in [-0.1, -0.05) is 11.6 Å². The Balaban J connectivity index is 2.38. The maximum atomic E-state index is 11.0. The van der Waals surface area contributed by atoms with Crippen molar-refractivity contribution in [1.29, 1.82) is 0 Å². The van der Waals surface area contributed by atoms with Gasteiger partial charge >= 0.3 is 5.97 Å². The highest BCUT2D eigenvalue weighted by atomic mass is 35.5. The second-order valence-electron chi connectivity index (χ2n) is 3.39. The van der Waals surface area contributed by atoms with E-state index in [0.717, 1.165) is 10.6 Å². The molecule has 5 heteroatoms. The largest absolute Gasteiger partial charge is 0.480 e. The summed E-state index contributed by atoms with van der Waals surface area (Å²) in [5, 5.41) is 9.69. The summed E-state index contributed by atoms with van der Waals surface area (Å²) in [7, 11) is 1.80. The van der Waals surface area contributed by atoms with Crippen LogP contribution in [0.15, 0.2) is 23.1 Å². The average Bonchev–Trinajstić information content (AvgIpc) is 2.17. The zero-order valence-electron chi connectivity index (χ0n) is 8.11. The van der Waals surface area contributed by atoms with Crippen LogP contribution in [-0.4, -0.2) is 29.9 Å². The number of halogens is 1. The number of benzene rings is 1. The van der Waals surface area contributed by atoms with E-state index >= 15 is 0 Å². The number of carboxylic acids is 1. The first-order valence-corrected chi connectivity index (χ1v) is 5.84. The zero-order chi connectivity index (χ0) is 11.0. The van der Waals surface area contributed by atoms with Crippen LogP contribution >= 0.6 is 23.4 Å². The van der Waals surface area contributed by atoms with Crippen molar-refractivity contribution in [1.82, 2.24) is 0 Å². The molecule has 1 unspecified atom stereocenters. The SMILES string of the molecule is CN1c2ccc(Cl)cc2SCC1C(=O)O. The molecule has 0 aliphatic carbocycles. The van der Waals surface area contributed by atoms with Gasteiger partial charge in [-0.05, 0) is 18.2 Å². The van der Waals surface area contributed by atoms with Crippen molar-refractivity contribution >= 4 is 35.0 Å². The van der Waals surface area contributed by atoms with Gasteiger partial charge in [0.25, 0.3) is 0 Å². The van der Waals surface area contributed by atoms with Crippen molar-refractivity contribution in [3.8, 4) is 0 Å². The summed E-state index contributed by atoms with van der Waals surface area (Å²) < 4.78 is 0. The molecule has 0 spiro atoms. The summed E-state index contributed by atoms with van der Waals surface area (Å²) in [5.41, 5.74) is 0.933. The van der Waals surface area contributed by atoms with E-state index in [9.17, 15) is 4.79 Å². The van der Waals surface area contributed by atoms with Crippen molar-refractivity contribution < 1.29 is 9.90 Å². The molecule has 1 atom stereocenters. The van der Waals surface area contributed by atoms with Crippen LogP contribution in [0.5, 0.6) is 0 Å². The van der Waals surface area contributed by atoms with Gasteiger partial charge in [0.15, 0.2) is 0 Å². The quantitative estimate of drug-likeness (QED) is 0.822. The van der Waals surface area contributed by atoms with Crippen molar-refractivity contribution in [2.75, 3.05) is 17.7 Å². The average molecular weight is 244 g/mol. The predicted molar refractivity (Wildman–Crippen MR) is 62.0 cm³/mol. The third-order valence-corrected chi connectivity index (χ3v) is 3.81. The number of carboxylic acid groups (broad SMARTS) is 1. The van der Waals surface area contributed by atoms with Crippen LogP contribution in [0.25, 0.3) is 0 Å². The minimum atomic E-state index is -0.786. The molecule has 0 fully saturated rings. The Labute approximate surface area is 97.0 Å². The number of aliphatic carboxylic acids is 1. The van der Waals surface area contributed by atoms with Crippen LogP contribution in [0, 0.1) is 0 Å². The molecule has 0 amide bonds. The second kappa shape index (κ2) is 3.94. The Morgan fingerprint density at radius 2 is 2.40 bits per heavy atom. The fourth-order valence-corrected chi connectivity index (χ4v) is 3.09. The molecular weight excluding hydrogens is 234 g/mol. The van der Waals surface area contributed by atoms with Crippen molar-refractivity contribution in [2.45, 2.75) is 10.9 Å². The van der Waals surface area contributed by atoms with Gasteiger partial charge in [-0.3, -0.25) is 0 Å². The first kappa shape index (κ1) is 10.6. The van der Waals surface area contributed by atoms with E-state index < -0.39 is 12.0 Å². The maximum Gasteiger partial charge on any atom is 0.327 e. The van der Waals surface area contributed by atoms with E-state index in [-0.39, 0.29) is 0 Å². The highest BCUT2D eigenvalue weighted by molar-refractivity contribution is 7.99. The van der Waals surface area contributed by atoms with Crippen molar-refractivity contribution in [3.05, 3.63) is 23.2 Å². The van der Waals surface area contributed by atoms with Crippen molar-refractivity contribution in [3.63, 3.8) is 0 Å². The number of hydrogen-bond donors (Lipinski definition) is 1. The van der Waals surface area contributed by atoms with Crippen molar-refractivity contribution in [2.24, 2.45) is 0 Å². The van der Waals surface area contributed by atoms with E-state index in [1.165, 1.54) is 11.8 Å². The molecule has 80 valence electrons. The summed E-state index contributed by atoms with van der Waals surface area (Å²) in [4.78, 5) is 13.8. The smallest absolute Gasteiger partial charge is 0.327 e. The van der Waals surface area contributed by atoms with Gasteiger partial charge in [0, 0.05) is 22.7 Å². The normalized spacial score (nSPS) is 19.9. The number of likely N-dealkylation sites (N-methyl/N-ethyl adjacent to an activating group) is 1. The van der Waals surface area contributed by atoms with Gasteiger partial charge in [-0.15, -0.1) is 11.8 Å². The number of thioether (sulfide) groups is 1. The molecule has 0 aromatic heterocycles. The van der Waals surface area contributed by atoms with Gasteiger partial charge in [0.05, 0.1) is 5.69 Å². The number of fused-ring (bicyclic) bond motifs is 1. The molecule has 1 N–H and O–H groups in total. The molecule has 0 saturated carbocycles. The lowest BCUT2D eigenvalue weighted by molar-refractivity contribution is -0.138. The second-order valence-corrected chi connectivity index (χ2v) is 4.89. The van der Waals surface area contributed by atoms with Crippen LogP contribution in [0.4, 0.5) is 5.69 Å². The molecule has 1 aliphatic heterocycles. The molecule has 0 bridgehead atoms. The van der Waals surface area contributed by atoms with E-state index in [1.807, 2.05) is 12.1 Å². The Morgan fingerprint density at radius 1 is 1.67 bits per heavy atom. The van der Waals surface area contributed by atoms with Crippen LogP contribution < -0.4 is 4.90 Å². The molecule has 1 aromatic rings. The summed E-state index contributed by atoms with van der Waals surface area (Å²) >= 11 is 7.41. The van der Waals surface area contributed by atoms with E-state index in [0.29, 0.717) is 10.8 Å². The molecule has 1 aliphatic rings. The molecule has 1 aromatic carbocycles. The lowest BCUT2D eigenvalue weighted by Gasteiger charge is -2.32. The molecule has 2 rings (SSSR count). The molecular formula is C10H10ClNO2S. The summed E-state index contributed by atoms with van der Waals surface area (Å²) in [6.45, 7) is 0. The fourth-order valence-electron chi connectivity index (χ4n) is 1.58. The number of carbonyl (C=O) groups is 1. The standard InChI is InChI=1S/C10H10ClNO2S/c1-12-7-3-2-6(11)4-9(7)15-5-8(12)10(13)14/h2-4,8H,5H2,1H3,(H,13,14). The third-order valence-electron chi connectivity index (χ3n) is 2.45. The third kappa shape index (κ3) is 1.92. The summed E-state index contributed by atoms with van der Waals surface area (Å²) in [6, 6.07) is 5.06. The number of anilines is 1. The Bertz CT molecular complexity index is 410. The Morgan fingerprint density at radius 3 is 3.07 bits per heavy atom. The monoisotopic (exact) mass is 243 g/mol. The van der Waals surface area contributed by atoms with Crippen LogP contribution in [0.3, 0.4) is 0 Å². The Hall–Kier alpha value is -0.870. The van der Waals surface area contributed by atoms with E-state index in [2.05, 4.69) is 0 Å². The minimum absolute atomic E-state index is 0.455. The minimum Gasteiger partial charge on any atom is -0.480 e. The highest BCUT2D eigenvalue weighted by Gasteiger charge is 2.29. The van der Waals surface area contributed by atoms with E-state index in [1.54, 1.807) is 18.0 Å². The van der Waals surface area contributed by atoms with Gasteiger partial charge in [0.1, 0.15) is 6.04 Å². The molecule has 0 radical (unpaired) electrons. The maximum absolute atomic E-state index is 11.0. The summed E-state index contributed by atoms with van der Waals surface area (Å²) in [5.74, 6) is -0.232. The highest BCUT2D eigenvalue weighted by Crippen LogP contribution is 2.38. The number of rotatable bonds is 1. The van der Waals surface area contributed by atoms with Gasteiger partial charge in [-0.25, -0.2) is 4.79 Å². The van der Waals surface area contributed by atoms with Gasteiger partial charge < -0.3 is 10.0 Å². The van der Waals surface area contributed by atoms with Crippen LogP contribution in [-0.2, 0) is 4.79 Å². The first-order chi connectivity index (χ1) is 7.09. The van der Waals surface area contributed by atoms with Crippen LogP contribution in [0.2, 0.25) is 5.02 Å². The summed E-state index contributed by atoms with van der Waals surface area (Å²) in [6.07, 6.45) is 0. The van der Waals surface area contributed by atoms with Gasteiger partial charge in [0.2, 0.25) is 0 Å². The lowest BCUT2D eigenvalue weighted by Crippen LogP contribution is -2.42. The van der Waals surface area contributed by atoms with Crippen LogP contribution in [0.1, 0.15) is 0 Å². The zero-order valence-corrected chi connectivity index (χ0v) is 9.68. The predicted octanol–water partition coefficient (Wildman–Crippen LogP) is 2.34. The Kier molecular flexibility index (Phi) is 2.80. The fraction of sp³-hybridized carbons (Fsp3) is 0.300. The molecule has 3 nitrogen and oxygen atoms in total. The van der Waals surface area contributed by atoms with E-state index in [4.69, 9.17) is 16.7 Å².